The number of carboxylic acid groups (broad SMARTS) is 1. The average Bonchev–Trinajstić information content (AvgIpc) is 2.85. The number of benzene rings is 1. The van der Waals surface area contributed by atoms with Gasteiger partial charge < -0.3 is 9.84 Å². The summed E-state index contributed by atoms with van der Waals surface area (Å²) in [6.07, 6.45) is 2.74. The molecule has 1 aromatic carbocycles. The van der Waals surface area contributed by atoms with E-state index in [9.17, 15) is 4.79 Å². The number of thiophene rings is 1. The minimum Gasteiger partial charge on any atom is -0.497 e. The molecule has 0 saturated heterocycles. The second-order valence-corrected chi connectivity index (χ2v) is 4.58. The minimum absolute atomic E-state index is 0.819. The van der Waals surface area contributed by atoms with Crippen molar-refractivity contribution in [3.05, 3.63) is 46.7 Å². The van der Waals surface area contributed by atoms with Gasteiger partial charge in [-0.3, -0.25) is 0 Å². The van der Waals surface area contributed by atoms with Crippen molar-refractivity contribution in [2.24, 2.45) is 0 Å². The molecule has 18 heavy (non-hydrogen) atoms. The maximum atomic E-state index is 10.4. The number of methoxy groups -OCH3 is 1. The zero-order valence-electron chi connectivity index (χ0n) is 9.79. The second-order valence-electron chi connectivity index (χ2n) is 3.64. The molecule has 4 heteroatoms. The number of carbonyl (C=O) groups is 1. The summed E-state index contributed by atoms with van der Waals surface area (Å²) in [5.41, 5.74) is 2.16. The van der Waals surface area contributed by atoms with E-state index in [1.54, 1.807) is 13.2 Å². The number of hydrogen-bond donors (Lipinski definition) is 1. The first kappa shape index (κ1) is 12.4. The van der Waals surface area contributed by atoms with Crippen LogP contribution >= 0.6 is 11.3 Å². The van der Waals surface area contributed by atoms with E-state index in [-0.39, 0.29) is 0 Å². The van der Waals surface area contributed by atoms with Crippen molar-refractivity contribution in [3.63, 3.8) is 0 Å². The predicted molar refractivity (Wildman–Crippen MR) is 73.0 cm³/mol. The van der Waals surface area contributed by atoms with Crippen molar-refractivity contribution in [2.45, 2.75) is 0 Å². The van der Waals surface area contributed by atoms with Crippen LogP contribution in [-0.2, 0) is 4.79 Å². The largest absolute Gasteiger partial charge is 0.497 e. The molecule has 0 aliphatic rings. The van der Waals surface area contributed by atoms with Gasteiger partial charge in [-0.2, -0.15) is 0 Å². The summed E-state index contributed by atoms with van der Waals surface area (Å²) in [4.78, 5) is 11.3. The minimum atomic E-state index is -0.936. The van der Waals surface area contributed by atoms with E-state index in [2.05, 4.69) is 0 Å². The first-order valence-electron chi connectivity index (χ1n) is 5.33. The van der Waals surface area contributed by atoms with Crippen molar-refractivity contribution in [2.75, 3.05) is 7.11 Å². The van der Waals surface area contributed by atoms with E-state index in [0.29, 0.717) is 0 Å². The van der Waals surface area contributed by atoms with Gasteiger partial charge in [0.15, 0.2) is 0 Å². The number of ether oxygens (including phenoxy) is 1. The fourth-order valence-electron chi connectivity index (χ4n) is 1.53. The van der Waals surface area contributed by atoms with Crippen LogP contribution in [0.1, 0.15) is 4.88 Å². The quantitative estimate of drug-likeness (QED) is 0.855. The van der Waals surface area contributed by atoms with Crippen LogP contribution in [0.25, 0.3) is 17.2 Å². The molecule has 92 valence electrons. The molecule has 0 atom stereocenters. The maximum Gasteiger partial charge on any atom is 0.328 e. The Kier molecular flexibility index (Phi) is 3.79. The monoisotopic (exact) mass is 260 g/mol. The Morgan fingerprint density at radius 2 is 2.00 bits per heavy atom. The van der Waals surface area contributed by atoms with E-state index in [4.69, 9.17) is 9.84 Å². The number of aliphatic carboxylic acids is 1. The highest BCUT2D eigenvalue weighted by atomic mass is 32.1. The summed E-state index contributed by atoms with van der Waals surface area (Å²) in [6, 6.07) is 9.72. The van der Waals surface area contributed by atoms with E-state index in [1.165, 1.54) is 11.3 Å². The van der Waals surface area contributed by atoms with E-state index >= 15 is 0 Å². The molecule has 0 aliphatic heterocycles. The molecule has 3 nitrogen and oxygen atoms in total. The molecule has 0 amide bonds. The molecule has 1 aromatic heterocycles. The molecule has 0 saturated carbocycles. The Hall–Kier alpha value is -2.07. The highest BCUT2D eigenvalue weighted by molar-refractivity contribution is 7.11. The summed E-state index contributed by atoms with van der Waals surface area (Å²) in [5.74, 6) is -0.116. The van der Waals surface area contributed by atoms with Crippen LogP contribution in [0.3, 0.4) is 0 Å². The van der Waals surface area contributed by atoms with Crippen molar-refractivity contribution in [3.8, 4) is 16.9 Å². The zero-order chi connectivity index (χ0) is 13.0. The van der Waals surface area contributed by atoms with Gasteiger partial charge >= 0.3 is 5.97 Å². The van der Waals surface area contributed by atoms with Gasteiger partial charge in [-0.25, -0.2) is 4.79 Å². The van der Waals surface area contributed by atoms with Crippen LogP contribution in [0.2, 0.25) is 0 Å². The van der Waals surface area contributed by atoms with Crippen molar-refractivity contribution in [1.29, 1.82) is 0 Å². The van der Waals surface area contributed by atoms with Gasteiger partial charge in [-0.1, -0.05) is 12.1 Å². The second kappa shape index (κ2) is 5.51. The summed E-state index contributed by atoms with van der Waals surface area (Å²) >= 11 is 1.51. The molecular formula is C14H12O3S. The molecule has 2 rings (SSSR count). The Bertz CT molecular complexity index is 567. The molecule has 0 aliphatic carbocycles. The first-order valence-corrected chi connectivity index (χ1v) is 6.21. The molecular weight excluding hydrogens is 248 g/mol. The lowest BCUT2D eigenvalue weighted by Gasteiger charge is -2.00. The van der Waals surface area contributed by atoms with E-state index in [0.717, 1.165) is 27.8 Å². The predicted octanol–water partition coefficient (Wildman–Crippen LogP) is 3.52. The van der Waals surface area contributed by atoms with Gasteiger partial charge in [0.25, 0.3) is 0 Å². The molecule has 0 bridgehead atoms. The highest BCUT2D eigenvalue weighted by Crippen LogP contribution is 2.27. The lowest BCUT2D eigenvalue weighted by atomic mass is 10.1. The fraction of sp³-hybridized carbons (Fsp3) is 0.0714. The van der Waals surface area contributed by atoms with Gasteiger partial charge in [0.05, 0.1) is 7.11 Å². The van der Waals surface area contributed by atoms with Crippen LogP contribution in [0, 0.1) is 0 Å². The topological polar surface area (TPSA) is 46.5 Å². The van der Waals surface area contributed by atoms with Crippen LogP contribution in [-0.4, -0.2) is 18.2 Å². The van der Waals surface area contributed by atoms with Crippen LogP contribution < -0.4 is 4.74 Å². The Labute approximate surface area is 109 Å². The Balaban J connectivity index is 2.20. The third kappa shape index (κ3) is 2.99. The average molecular weight is 260 g/mol. The van der Waals surface area contributed by atoms with Gasteiger partial charge in [0.1, 0.15) is 5.75 Å². The van der Waals surface area contributed by atoms with Crippen LogP contribution in [0.15, 0.2) is 41.8 Å². The SMILES string of the molecule is COc1ccc(-c2csc(/C=C/C(=O)O)c2)cc1. The maximum absolute atomic E-state index is 10.4. The van der Waals surface area contributed by atoms with Crippen molar-refractivity contribution in [1.82, 2.24) is 0 Å². The third-order valence-electron chi connectivity index (χ3n) is 2.43. The van der Waals surface area contributed by atoms with Crippen LogP contribution in [0.4, 0.5) is 0 Å². The first-order chi connectivity index (χ1) is 8.69. The summed E-state index contributed by atoms with van der Waals surface area (Å²) in [5, 5.41) is 10.6. The smallest absolute Gasteiger partial charge is 0.328 e. The fourth-order valence-corrected chi connectivity index (χ4v) is 2.34. The molecule has 0 spiro atoms. The lowest BCUT2D eigenvalue weighted by molar-refractivity contribution is -0.131. The molecule has 0 fully saturated rings. The highest BCUT2D eigenvalue weighted by Gasteiger charge is 2.01. The van der Waals surface area contributed by atoms with Gasteiger partial charge in [0, 0.05) is 11.0 Å². The van der Waals surface area contributed by atoms with Gasteiger partial charge in [-0.15, -0.1) is 11.3 Å². The Morgan fingerprint density at radius 1 is 1.28 bits per heavy atom. The number of carboxylic acids is 1. The Morgan fingerprint density at radius 3 is 2.61 bits per heavy atom. The summed E-state index contributed by atoms with van der Waals surface area (Å²) < 4.78 is 5.10. The number of hydrogen-bond acceptors (Lipinski definition) is 3. The number of rotatable bonds is 4. The third-order valence-corrected chi connectivity index (χ3v) is 3.33. The van der Waals surface area contributed by atoms with Gasteiger partial charge in [0.2, 0.25) is 0 Å². The molecule has 1 heterocycles. The lowest BCUT2D eigenvalue weighted by Crippen LogP contribution is -1.84. The van der Waals surface area contributed by atoms with E-state index < -0.39 is 5.97 Å². The molecule has 2 aromatic rings. The summed E-state index contributed by atoms with van der Waals surface area (Å²) in [7, 11) is 1.63. The molecule has 0 radical (unpaired) electrons. The zero-order valence-corrected chi connectivity index (χ0v) is 10.6. The summed E-state index contributed by atoms with van der Waals surface area (Å²) in [6.45, 7) is 0. The van der Waals surface area contributed by atoms with Gasteiger partial charge in [-0.05, 0) is 40.8 Å². The van der Waals surface area contributed by atoms with Crippen LogP contribution in [0.5, 0.6) is 5.75 Å². The van der Waals surface area contributed by atoms with Crippen molar-refractivity contribution < 1.29 is 14.6 Å². The normalized spacial score (nSPS) is 10.7. The van der Waals surface area contributed by atoms with E-state index in [1.807, 2.05) is 35.7 Å². The standard InChI is InChI=1S/C14H12O3S/c1-17-12-4-2-10(3-5-12)11-8-13(18-9-11)6-7-14(15)16/h2-9H,1H3,(H,15,16)/b7-6+. The molecule has 1 N–H and O–H groups in total. The molecule has 0 unspecified atom stereocenters. The van der Waals surface area contributed by atoms with Crippen molar-refractivity contribution >= 4 is 23.4 Å².